The van der Waals surface area contributed by atoms with E-state index >= 15 is 0 Å². The first-order chi connectivity index (χ1) is 13.5. The van der Waals surface area contributed by atoms with Crippen LogP contribution in [0, 0.1) is 6.92 Å². The zero-order valence-corrected chi connectivity index (χ0v) is 16.7. The quantitative estimate of drug-likeness (QED) is 0.644. The molecule has 3 rings (SSSR count). The van der Waals surface area contributed by atoms with E-state index in [1.54, 1.807) is 42.5 Å². The first-order valence-corrected chi connectivity index (χ1v) is 9.50. The topological polar surface area (TPSA) is 53.4 Å². The van der Waals surface area contributed by atoms with E-state index in [9.17, 15) is 9.90 Å². The monoisotopic (exact) mass is 394 g/mol. The molecule has 3 aromatic rings. The van der Waals surface area contributed by atoms with Gasteiger partial charge in [-0.1, -0.05) is 41.9 Å². The Balaban J connectivity index is 1.86. The summed E-state index contributed by atoms with van der Waals surface area (Å²) in [6.07, 6.45) is 3.79. The number of hydrogen-bond acceptors (Lipinski definition) is 3. The molecular formula is C23H23ClN2O2. The predicted octanol–water partition coefficient (Wildman–Crippen LogP) is 4.93. The summed E-state index contributed by atoms with van der Waals surface area (Å²) in [4.78, 5) is 18.8. The number of carbonyl (C=O) groups excluding carboxylic acids is 1. The van der Waals surface area contributed by atoms with Crippen molar-refractivity contribution in [3.05, 3.63) is 94.3 Å². The lowest BCUT2D eigenvalue weighted by molar-refractivity contribution is -0.130. The van der Waals surface area contributed by atoms with E-state index in [4.69, 9.17) is 11.6 Å². The lowest BCUT2D eigenvalue weighted by atomic mass is 9.88. The average Bonchev–Trinajstić information content (AvgIpc) is 2.68. The molecule has 0 aliphatic carbocycles. The number of pyridine rings is 1. The first kappa shape index (κ1) is 19.9. The van der Waals surface area contributed by atoms with Crippen molar-refractivity contribution in [1.82, 2.24) is 9.88 Å². The van der Waals surface area contributed by atoms with Crippen molar-refractivity contribution in [2.75, 3.05) is 7.05 Å². The van der Waals surface area contributed by atoms with Crippen LogP contribution in [0.4, 0.5) is 0 Å². The Morgan fingerprint density at radius 3 is 2.68 bits per heavy atom. The number of carbonyl (C=O) groups is 1. The normalized spacial score (nSPS) is 11.8. The van der Waals surface area contributed by atoms with E-state index < -0.39 is 0 Å². The van der Waals surface area contributed by atoms with Gasteiger partial charge in [-0.2, -0.15) is 0 Å². The second-order valence-electron chi connectivity index (χ2n) is 6.93. The molecule has 4 nitrogen and oxygen atoms in total. The van der Waals surface area contributed by atoms with Gasteiger partial charge in [0.05, 0.1) is 0 Å². The fourth-order valence-corrected chi connectivity index (χ4v) is 3.53. The molecule has 0 radical (unpaired) electrons. The predicted molar refractivity (Wildman–Crippen MR) is 111 cm³/mol. The molecule has 0 saturated carbocycles. The Bertz CT molecular complexity index is 974. The third kappa shape index (κ3) is 4.70. The number of halogens is 1. The van der Waals surface area contributed by atoms with Crippen molar-refractivity contribution in [3.63, 3.8) is 0 Å². The van der Waals surface area contributed by atoms with Crippen LogP contribution < -0.4 is 0 Å². The van der Waals surface area contributed by atoms with Gasteiger partial charge in [-0.25, -0.2) is 0 Å². The summed E-state index contributed by atoms with van der Waals surface area (Å²) in [5, 5.41) is 10.5. The number of aromatic nitrogens is 1. The number of phenols is 1. The van der Waals surface area contributed by atoms with Gasteiger partial charge in [-0.05, 0) is 53.4 Å². The van der Waals surface area contributed by atoms with E-state index in [1.807, 2.05) is 43.3 Å². The SMILES string of the molecule is Cc1cnccc1CN(C)C(=O)C[C@H](c1cccc(O)c1)c1ccccc1Cl. The van der Waals surface area contributed by atoms with Crippen LogP contribution in [0.15, 0.2) is 67.0 Å². The molecule has 28 heavy (non-hydrogen) atoms. The van der Waals surface area contributed by atoms with Crippen LogP contribution in [-0.4, -0.2) is 27.9 Å². The number of rotatable bonds is 6. The summed E-state index contributed by atoms with van der Waals surface area (Å²) in [7, 11) is 1.80. The number of hydrogen-bond donors (Lipinski definition) is 1. The van der Waals surface area contributed by atoms with Crippen LogP contribution in [0.2, 0.25) is 5.02 Å². The molecule has 5 heteroatoms. The van der Waals surface area contributed by atoms with Gasteiger partial charge in [0.25, 0.3) is 0 Å². The molecule has 0 unspecified atom stereocenters. The van der Waals surface area contributed by atoms with Gasteiger partial charge < -0.3 is 10.0 Å². The van der Waals surface area contributed by atoms with Crippen LogP contribution in [0.3, 0.4) is 0 Å². The largest absolute Gasteiger partial charge is 0.508 e. The summed E-state index contributed by atoms with van der Waals surface area (Å²) < 4.78 is 0. The third-order valence-electron chi connectivity index (χ3n) is 4.90. The molecule has 1 aromatic heterocycles. The molecule has 0 fully saturated rings. The number of amides is 1. The zero-order chi connectivity index (χ0) is 20.1. The van der Waals surface area contributed by atoms with Gasteiger partial charge in [-0.15, -0.1) is 0 Å². The standard InChI is InChI=1S/C23H23ClN2O2/c1-16-14-25-11-10-18(16)15-26(2)23(28)13-21(17-6-5-7-19(27)12-17)20-8-3-4-9-22(20)24/h3-12,14,21,27H,13,15H2,1-2H3/t21-/m1/s1. The molecule has 1 heterocycles. The fraction of sp³-hybridized carbons (Fsp3) is 0.217. The molecule has 0 aliphatic rings. The number of aryl methyl sites for hydroxylation is 1. The molecule has 1 amide bonds. The van der Waals surface area contributed by atoms with Crippen LogP contribution in [0.5, 0.6) is 5.75 Å². The maximum atomic E-state index is 13.0. The molecule has 0 bridgehead atoms. The van der Waals surface area contributed by atoms with Gasteiger partial charge >= 0.3 is 0 Å². The van der Waals surface area contributed by atoms with Crippen molar-refractivity contribution < 1.29 is 9.90 Å². The molecule has 0 aliphatic heterocycles. The average molecular weight is 395 g/mol. The van der Waals surface area contributed by atoms with Gasteiger partial charge in [0, 0.05) is 43.3 Å². The molecule has 0 spiro atoms. The lowest BCUT2D eigenvalue weighted by Gasteiger charge is -2.24. The molecule has 1 N–H and O–H groups in total. The van der Waals surface area contributed by atoms with Crippen molar-refractivity contribution in [3.8, 4) is 5.75 Å². The van der Waals surface area contributed by atoms with Crippen molar-refractivity contribution in [2.24, 2.45) is 0 Å². The maximum absolute atomic E-state index is 13.0. The van der Waals surface area contributed by atoms with E-state index in [2.05, 4.69) is 4.98 Å². The Hall–Kier alpha value is -2.85. The Morgan fingerprint density at radius 2 is 1.96 bits per heavy atom. The Labute approximate surface area is 170 Å². The van der Waals surface area contributed by atoms with Crippen molar-refractivity contribution >= 4 is 17.5 Å². The lowest BCUT2D eigenvalue weighted by Crippen LogP contribution is -2.28. The molecular weight excluding hydrogens is 372 g/mol. The van der Waals surface area contributed by atoms with Crippen molar-refractivity contribution in [2.45, 2.75) is 25.8 Å². The van der Waals surface area contributed by atoms with Crippen LogP contribution in [0.25, 0.3) is 0 Å². The van der Waals surface area contributed by atoms with Gasteiger partial charge in [0.1, 0.15) is 5.75 Å². The zero-order valence-electron chi connectivity index (χ0n) is 16.0. The molecule has 144 valence electrons. The second kappa shape index (κ2) is 8.89. The smallest absolute Gasteiger partial charge is 0.223 e. The summed E-state index contributed by atoms with van der Waals surface area (Å²) in [6, 6.07) is 16.5. The molecule has 0 saturated heterocycles. The van der Waals surface area contributed by atoms with Gasteiger partial charge in [-0.3, -0.25) is 9.78 Å². The van der Waals surface area contributed by atoms with E-state index in [-0.39, 0.29) is 24.0 Å². The maximum Gasteiger partial charge on any atom is 0.223 e. The van der Waals surface area contributed by atoms with E-state index in [1.165, 1.54) is 0 Å². The highest BCUT2D eigenvalue weighted by atomic mass is 35.5. The second-order valence-corrected chi connectivity index (χ2v) is 7.33. The highest BCUT2D eigenvalue weighted by Crippen LogP contribution is 2.34. The number of benzene rings is 2. The fourth-order valence-electron chi connectivity index (χ4n) is 3.26. The summed E-state index contributed by atoms with van der Waals surface area (Å²) >= 11 is 6.43. The number of nitrogens with zero attached hydrogens (tertiary/aromatic N) is 2. The van der Waals surface area contributed by atoms with Crippen LogP contribution in [0.1, 0.15) is 34.6 Å². The number of aromatic hydroxyl groups is 1. The van der Waals surface area contributed by atoms with E-state index in [0.29, 0.717) is 11.6 Å². The minimum absolute atomic E-state index is 0.00414. The molecule has 2 aromatic carbocycles. The first-order valence-electron chi connectivity index (χ1n) is 9.12. The minimum Gasteiger partial charge on any atom is -0.508 e. The third-order valence-corrected chi connectivity index (χ3v) is 5.25. The highest BCUT2D eigenvalue weighted by Gasteiger charge is 2.23. The molecule has 1 atom stereocenters. The van der Waals surface area contributed by atoms with Crippen LogP contribution in [-0.2, 0) is 11.3 Å². The van der Waals surface area contributed by atoms with Gasteiger partial charge in [0.2, 0.25) is 5.91 Å². The van der Waals surface area contributed by atoms with E-state index in [0.717, 1.165) is 22.3 Å². The minimum atomic E-state index is -0.241. The van der Waals surface area contributed by atoms with Crippen LogP contribution >= 0.6 is 11.6 Å². The van der Waals surface area contributed by atoms with Crippen molar-refractivity contribution in [1.29, 1.82) is 0 Å². The highest BCUT2D eigenvalue weighted by molar-refractivity contribution is 6.31. The number of phenolic OH excluding ortho intramolecular Hbond substituents is 1. The summed E-state index contributed by atoms with van der Waals surface area (Å²) in [6.45, 7) is 2.50. The van der Waals surface area contributed by atoms with Gasteiger partial charge in [0.15, 0.2) is 0 Å². The summed E-state index contributed by atoms with van der Waals surface area (Å²) in [5.74, 6) is -0.0680. The summed E-state index contributed by atoms with van der Waals surface area (Å²) in [5.41, 5.74) is 3.85. The Morgan fingerprint density at radius 1 is 1.18 bits per heavy atom. The Kier molecular flexibility index (Phi) is 6.32.